The molecule has 1 unspecified atom stereocenters. The molecule has 3 heteroatoms. The Kier molecular flexibility index (Phi) is 4.04. The van der Waals surface area contributed by atoms with Gasteiger partial charge in [0.2, 0.25) is 0 Å². The van der Waals surface area contributed by atoms with Gasteiger partial charge in [0.05, 0.1) is 6.10 Å². The molecule has 1 rings (SSSR count). The lowest BCUT2D eigenvalue weighted by Gasteiger charge is -2.15. The molecule has 14 heavy (non-hydrogen) atoms. The Balaban J connectivity index is 2.51. The third kappa shape index (κ3) is 3.85. The highest BCUT2D eigenvalue weighted by Crippen LogP contribution is 2.06. The van der Waals surface area contributed by atoms with Gasteiger partial charge in [0.15, 0.2) is 0 Å². The number of likely N-dealkylation sites (N-methyl/N-ethyl adjacent to an activating group) is 1. The molecule has 0 aliphatic heterocycles. The number of halogens is 1. The molecule has 0 saturated carbocycles. The Morgan fingerprint density at radius 3 is 2.71 bits per heavy atom. The largest absolute Gasteiger partial charge is 0.391 e. The van der Waals surface area contributed by atoms with Gasteiger partial charge in [-0.3, -0.25) is 0 Å². The predicted molar refractivity (Wildman–Crippen MR) is 54.7 cm³/mol. The van der Waals surface area contributed by atoms with E-state index < -0.39 is 6.10 Å². The first-order valence-corrected chi connectivity index (χ1v) is 4.65. The SMILES string of the molecule is CN(C)CC(O)Cc1cccc(F)c1. The Hall–Kier alpha value is -0.930. The molecule has 0 bridgehead atoms. The summed E-state index contributed by atoms with van der Waals surface area (Å²) in [6.45, 7) is 0.594. The molecule has 0 radical (unpaired) electrons. The number of aliphatic hydroxyl groups is 1. The molecule has 1 N–H and O–H groups in total. The Labute approximate surface area is 84.0 Å². The van der Waals surface area contributed by atoms with E-state index in [0.717, 1.165) is 5.56 Å². The van der Waals surface area contributed by atoms with Gasteiger partial charge in [0, 0.05) is 6.54 Å². The lowest BCUT2D eigenvalue weighted by molar-refractivity contribution is 0.137. The van der Waals surface area contributed by atoms with E-state index in [1.54, 1.807) is 6.07 Å². The molecule has 1 aromatic rings. The Morgan fingerprint density at radius 2 is 2.14 bits per heavy atom. The van der Waals surface area contributed by atoms with Gasteiger partial charge >= 0.3 is 0 Å². The molecule has 2 nitrogen and oxygen atoms in total. The smallest absolute Gasteiger partial charge is 0.123 e. The minimum Gasteiger partial charge on any atom is -0.391 e. The summed E-state index contributed by atoms with van der Waals surface area (Å²) in [5, 5.41) is 9.60. The molecule has 0 aromatic heterocycles. The topological polar surface area (TPSA) is 23.5 Å². The van der Waals surface area contributed by atoms with Crippen LogP contribution in [-0.2, 0) is 6.42 Å². The first-order chi connectivity index (χ1) is 6.58. The van der Waals surface area contributed by atoms with Crippen LogP contribution in [-0.4, -0.2) is 36.8 Å². The van der Waals surface area contributed by atoms with E-state index in [4.69, 9.17) is 0 Å². The maximum absolute atomic E-state index is 12.8. The molecular weight excluding hydrogens is 181 g/mol. The molecule has 0 aliphatic carbocycles. The standard InChI is InChI=1S/C11H16FNO/c1-13(2)8-11(14)7-9-4-3-5-10(12)6-9/h3-6,11,14H,7-8H2,1-2H3. The number of benzene rings is 1. The van der Waals surface area contributed by atoms with Crippen LogP contribution in [0.5, 0.6) is 0 Å². The zero-order chi connectivity index (χ0) is 10.6. The zero-order valence-electron chi connectivity index (χ0n) is 8.57. The lowest BCUT2D eigenvalue weighted by Crippen LogP contribution is -2.27. The number of aliphatic hydroxyl groups excluding tert-OH is 1. The molecule has 0 heterocycles. The van der Waals surface area contributed by atoms with Crippen molar-refractivity contribution in [1.29, 1.82) is 0 Å². The summed E-state index contributed by atoms with van der Waals surface area (Å²) in [7, 11) is 3.80. The molecule has 0 fully saturated rings. The second kappa shape index (κ2) is 5.08. The monoisotopic (exact) mass is 197 g/mol. The van der Waals surface area contributed by atoms with E-state index in [1.165, 1.54) is 12.1 Å². The molecule has 1 atom stereocenters. The average Bonchev–Trinajstić information content (AvgIpc) is 2.01. The maximum atomic E-state index is 12.8. The summed E-state index contributed by atoms with van der Waals surface area (Å²) < 4.78 is 12.8. The van der Waals surface area contributed by atoms with Crippen LogP contribution in [0.3, 0.4) is 0 Å². The van der Waals surface area contributed by atoms with E-state index >= 15 is 0 Å². The predicted octanol–water partition coefficient (Wildman–Crippen LogP) is 1.29. The van der Waals surface area contributed by atoms with Crippen molar-refractivity contribution < 1.29 is 9.50 Å². The van der Waals surface area contributed by atoms with Gasteiger partial charge in [0.25, 0.3) is 0 Å². The number of hydrogen-bond donors (Lipinski definition) is 1. The minimum absolute atomic E-state index is 0.250. The normalized spacial score (nSPS) is 13.2. The zero-order valence-corrected chi connectivity index (χ0v) is 8.57. The first kappa shape index (κ1) is 11.1. The molecular formula is C11H16FNO. The molecule has 1 aromatic carbocycles. The lowest BCUT2D eigenvalue weighted by atomic mass is 10.1. The van der Waals surface area contributed by atoms with Gasteiger partial charge in [-0.2, -0.15) is 0 Å². The molecule has 78 valence electrons. The van der Waals surface area contributed by atoms with Crippen LogP contribution in [0, 0.1) is 5.82 Å². The number of nitrogens with zero attached hydrogens (tertiary/aromatic N) is 1. The van der Waals surface area contributed by atoms with E-state index in [-0.39, 0.29) is 5.82 Å². The molecule has 0 spiro atoms. The van der Waals surface area contributed by atoms with E-state index in [9.17, 15) is 9.50 Å². The average molecular weight is 197 g/mol. The second-order valence-electron chi connectivity index (χ2n) is 3.75. The number of rotatable bonds is 4. The van der Waals surface area contributed by atoms with E-state index in [2.05, 4.69) is 0 Å². The third-order valence-corrected chi connectivity index (χ3v) is 1.94. The van der Waals surface area contributed by atoms with Crippen LogP contribution in [0.15, 0.2) is 24.3 Å². The summed E-state index contributed by atoms with van der Waals surface area (Å²) in [6, 6.07) is 6.34. The summed E-state index contributed by atoms with van der Waals surface area (Å²) >= 11 is 0. The highest BCUT2D eigenvalue weighted by molar-refractivity contribution is 5.17. The van der Waals surface area contributed by atoms with Crippen LogP contribution in [0.4, 0.5) is 4.39 Å². The highest BCUT2D eigenvalue weighted by Gasteiger charge is 2.06. The van der Waals surface area contributed by atoms with Crippen LogP contribution in [0.1, 0.15) is 5.56 Å². The summed E-state index contributed by atoms with van der Waals surface area (Å²) in [4.78, 5) is 1.91. The third-order valence-electron chi connectivity index (χ3n) is 1.94. The van der Waals surface area contributed by atoms with Gasteiger partial charge in [-0.05, 0) is 38.2 Å². The van der Waals surface area contributed by atoms with Crippen LogP contribution >= 0.6 is 0 Å². The second-order valence-corrected chi connectivity index (χ2v) is 3.75. The van der Waals surface area contributed by atoms with Crippen molar-refractivity contribution in [3.63, 3.8) is 0 Å². The van der Waals surface area contributed by atoms with Crippen molar-refractivity contribution in [1.82, 2.24) is 4.90 Å². The quantitative estimate of drug-likeness (QED) is 0.786. The maximum Gasteiger partial charge on any atom is 0.123 e. The molecule has 0 saturated heterocycles. The summed E-state index contributed by atoms with van der Waals surface area (Å²) in [5.41, 5.74) is 0.833. The van der Waals surface area contributed by atoms with Gasteiger partial charge < -0.3 is 10.0 Å². The highest BCUT2D eigenvalue weighted by atomic mass is 19.1. The Morgan fingerprint density at radius 1 is 1.43 bits per heavy atom. The molecule has 0 amide bonds. The van der Waals surface area contributed by atoms with Gasteiger partial charge in [-0.15, -0.1) is 0 Å². The van der Waals surface area contributed by atoms with Crippen molar-refractivity contribution in [3.05, 3.63) is 35.6 Å². The van der Waals surface area contributed by atoms with Gasteiger partial charge in [-0.1, -0.05) is 12.1 Å². The Bertz CT molecular complexity index is 288. The first-order valence-electron chi connectivity index (χ1n) is 4.65. The van der Waals surface area contributed by atoms with Gasteiger partial charge in [-0.25, -0.2) is 4.39 Å². The van der Waals surface area contributed by atoms with Crippen molar-refractivity contribution in [2.45, 2.75) is 12.5 Å². The van der Waals surface area contributed by atoms with Crippen molar-refractivity contribution in [2.75, 3.05) is 20.6 Å². The van der Waals surface area contributed by atoms with Gasteiger partial charge in [0.1, 0.15) is 5.82 Å². The fourth-order valence-corrected chi connectivity index (χ4v) is 1.42. The van der Waals surface area contributed by atoms with Crippen molar-refractivity contribution in [3.8, 4) is 0 Å². The minimum atomic E-state index is -0.438. The van der Waals surface area contributed by atoms with Crippen LogP contribution in [0.25, 0.3) is 0 Å². The van der Waals surface area contributed by atoms with E-state index in [1.807, 2.05) is 25.1 Å². The van der Waals surface area contributed by atoms with Crippen LogP contribution < -0.4 is 0 Å². The molecule has 0 aliphatic rings. The fourth-order valence-electron chi connectivity index (χ4n) is 1.42. The summed E-state index contributed by atoms with van der Waals surface area (Å²) in [6.07, 6.45) is 0.0578. The van der Waals surface area contributed by atoms with Crippen molar-refractivity contribution >= 4 is 0 Å². The van der Waals surface area contributed by atoms with Crippen molar-refractivity contribution in [2.24, 2.45) is 0 Å². The van der Waals surface area contributed by atoms with E-state index in [0.29, 0.717) is 13.0 Å². The summed E-state index contributed by atoms with van der Waals surface area (Å²) in [5.74, 6) is -0.250. The number of hydrogen-bond acceptors (Lipinski definition) is 2. The fraction of sp³-hybridized carbons (Fsp3) is 0.455. The van der Waals surface area contributed by atoms with Crippen LogP contribution in [0.2, 0.25) is 0 Å².